The Morgan fingerprint density at radius 2 is 1.87 bits per heavy atom. The number of likely N-dealkylation sites (tertiary alicyclic amines) is 1. The van der Waals surface area contributed by atoms with Crippen molar-refractivity contribution in [1.82, 2.24) is 15.2 Å². The van der Waals surface area contributed by atoms with Crippen molar-refractivity contribution in [2.24, 2.45) is 5.92 Å². The fourth-order valence-corrected chi connectivity index (χ4v) is 3.50. The smallest absolute Gasteiger partial charge is 0.238 e. The number of nitrogens with one attached hydrogen (secondary N) is 2. The zero-order valence-corrected chi connectivity index (χ0v) is 17.4. The SMILES string of the molecule is COc1ccc(NC(=O)CN2CCC(C(=O)NCc3ccccn3)CC2)cc1OC. The molecule has 1 aliphatic heterocycles. The second kappa shape index (κ2) is 10.6. The highest BCUT2D eigenvalue weighted by molar-refractivity contribution is 5.92. The van der Waals surface area contributed by atoms with Gasteiger partial charge in [-0.2, -0.15) is 0 Å². The largest absolute Gasteiger partial charge is 0.493 e. The van der Waals surface area contributed by atoms with E-state index in [0.717, 1.165) is 18.5 Å². The number of carbonyl (C=O) groups is 2. The zero-order valence-electron chi connectivity index (χ0n) is 17.4. The molecule has 8 heteroatoms. The molecule has 2 aromatic rings. The topological polar surface area (TPSA) is 92.8 Å². The van der Waals surface area contributed by atoms with Gasteiger partial charge in [0.05, 0.1) is 33.0 Å². The Balaban J connectivity index is 1.42. The average molecular weight is 412 g/mol. The predicted molar refractivity (Wildman–Crippen MR) is 113 cm³/mol. The van der Waals surface area contributed by atoms with E-state index in [1.807, 2.05) is 18.2 Å². The number of rotatable bonds is 8. The Labute approximate surface area is 176 Å². The highest BCUT2D eigenvalue weighted by Crippen LogP contribution is 2.29. The third-order valence-corrected chi connectivity index (χ3v) is 5.16. The van der Waals surface area contributed by atoms with E-state index in [-0.39, 0.29) is 24.3 Å². The molecule has 30 heavy (non-hydrogen) atoms. The molecule has 1 aromatic heterocycles. The lowest BCUT2D eigenvalue weighted by Gasteiger charge is -2.30. The van der Waals surface area contributed by atoms with Gasteiger partial charge in [0.15, 0.2) is 11.5 Å². The number of aromatic nitrogens is 1. The van der Waals surface area contributed by atoms with Crippen LogP contribution in [0.3, 0.4) is 0 Å². The molecule has 0 spiro atoms. The normalized spacial score (nSPS) is 14.7. The Hall–Kier alpha value is -3.13. The summed E-state index contributed by atoms with van der Waals surface area (Å²) in [6.45, 7) is 2.15. The second-order valence-corrected chi connectivity index (χ2v) is 7.21. The van der Waals surface area contributed by atoms with Crippen LogP contribution in [0.5, 0.6) is 11.5 Å². The van der Waals surface area contributed by atoms with Crippen molar-refractivity contribution in [3.63, 3.8) is 0 Å². The van der Waals surface area contributed by atoms with Gasteiger partial charge in [0.25, 0.3) is 0 Å². The van der Waals surface area contributed by atoms with Crippen molar-refractivity contribution in [1.29, 1.82) is 0 Å². The van der Waals surface area contributed by atoms with Gasteiger partial charge in [-0.1, -0.05) is 6.07 Å². The summed E-state index contributed by atoms with van der Waals surface area (Å²) < 4.78 is 10.5. The number of piperidine rings is 1. The van der Waals surface area contributed by atoms with Crippen LogP contribution in [0.1, 0.15) is 18.5 Å². The summed E-state index contributed by atoms with van der Waals surface area (Å²) in [7, 11) is 3.12. The van der Waals surface area contributed by atoms with Crippen LogP contribution in [0.25, 0.3) is 0 Å². The van der Waals surface area contributed by atoms with Gasteiger partial charge >= 0.3 is 0 Å². The molecule has 0 unspecified atom stereocenters. The highest BCUT2D eigenvalue weighted by atomic mass is 16.5. The number of hydrogen-bond acceptors (Lipinski definition) is 6. The maximum absolute atomic E-state index is 12.4. The Morgan fingerprint density at radius 1 is 1.10 bits per heavy atom. The summed E-state index contributed by atoms with van der Waals surface area (Å²) in [5.74, 6) is 1.10. The van der Waals surface area contributed by atoms with Crippen LogP contribution < -0.4 is 20.1 Å². The summed E-state index contributed by atoms with van der Waals surface area (Å²) >= 11 is 0. The van der Waals surface area contributed by atoms with E-state index in [4.69, 9.17) is 9.47 Å². The molecule has 2 heterocycles. The lowest BCUT2D eigenvalue weighted by atomic mass is 9.96. The number of methoxy groups -OCH3 is 2. The van der Waals surface area contributed by atoms with Gasteiger partial charge in [0.2, 0.25) is 11.8 Å². The van der Waals surface area contributed by atoms with Gasteiger partial charge < -0.3 is 20.1 Å². The van der Waals surface area contributed by atoms with Gasteiger partial charge in [-0.05, 0) is 50.2 Å². The number of ether oxygens (including phenoxy) is 2. The number of carbonyl (C=O) groups excluding carboxylic acids is 2. The minimum Gasteiger partial charge on any atom is -0.493 e. The average Bonchev–Trinajstić information content (AvgIpc) is 2.78. The molecule has 1 aromatic carbocycles. The molecule has 2 amide bonds. The summed E-state index contributed by atoms with van der Waals surface area (Å²) in [6.07, 6.45) is 3.18. The van der Waals surface area contributed by atoms with Crippen molar-refractivity contribution in [3.8, 4) is 11.5 Å². The van der Waals surface area contributed by atoms with Crippen molar-refractivity contribution in [2.75, 3.05) is 39.2 Å². The molecular weight excluding hydrogens is 384 g/mol. The summed E-state index contributed by atoms with van der Waals surface area (Å²) in [5.41, 5.74) is 1.50. The number of amides is 2. The van der Waals surface area contributed by atoms with Crippen LogP contribution in [0, 0.1) is 5.92 Å². The molecule has 2 N–H and O–H groups in total. The van der Waals surface area contributed by atoms with E-state index in [1.165, 1.54) is 0 Å². The third kappa shape index (κ3) is 5.93. The number of nitrogens with zero attached hydrogens (tertiary/aromatic N) is 2. The minimum absolute atomic E-state index is 0.0288. The van der Waals surface area contributed by atoms with E-state index in [0.29, 0.717) is 36.8 Å². The lowest BCUT2D eigenvalue weighted by molar-refractivity contribution is -0.126. The minimum atomic E-state index is -0.0970. The predicted octanol–water partition coefficient (Wildman–Crippen LogP) is 2.07. The molecular formula is C22H28N4O4. The maximum Gasteiger partial charge on any atom is 0.238 e. The molecule has 0 saturated carbocycles. The Bertz CT molecular complexity index is 851. The fourth-order valence-electron chi connectivity index (χ4n) is 3.50. The first-order valence-electron chi connectivity index (χ1n) is 10.0. The molecule has 0 atom stereocenters. The van der Waals surface area contributed by atoms with E-state index in [1.54, 1.807) is 38.6 Å². The van der Waals surface area contributed by atoms with Crippen LogP contribution in [0.2, 0.25) is 0 Å². The number of anilines is 1. The Morgan fingerprint density at radius 3 is 2.53 bits per heavy atom. The van der Waals surface area contributed by atoms with E-state index in [9.17, 15) is 9.59 Å². The molecule has 1 aliphatic rings. The quantitative estimate of drug-likeness (QED) is 0.690. The van der Waals surface area contributed by atoms with Crippen LogP contribution >= 0.6 is 0 Å². The van der Waals surface area contributed by atoms with Crippen molar-refractivity contribution >= 4 is 17.5 Å². The van der Waals surface area contributed by atoms with Crippen LogP contribution in [0.4, 0.5) is 5.69 Å². The molecule has 8 nitrogen and oxygen atoms in total. The molecule has 0 aliphatic carbocycles. The van der Waals surface area contributed by atoms with Gasteiger partial charge in [0, 0.05) is 23.9 Å². The summed E-state index contributed by atoms with van der Waals surface area (Å²) in [5, 5.41) is 5.84. The molecule has 1 saturated heterocycles. The second-order valence-electron chi connectivity index (χ2n) is 7.21. The molecule has 160 valence electrons. The van der Waals surface area contributed by atoms with Crippen LogP contribution in [-0.4, -0.2) is 55.6 Å². The van der Waals surface area contributed by atoms with Crippen LogP contribution in [0.15, 0.2) is 42.6 Å². The van der Waals surface area contributed by atoms with Gasteiger partial charge in [-0.15, -0.1) is 0 Å². The maximum atomic E-state index is 12.4. The zero-order chi connectivity index (χ0) is 21.3. The lowest BCUT2D eigenvalue weighted by Crippen LogP contribution is -2.43. The van der Waals surface area contributed by atoms with Crippen molar-refractivity contribution in [3.05, 3.63) is 48.3 Å². The van der Waals surface area contributed by atoms with E-state index >= 15 is 0 Å². The number of pyridine rings is 1. The van der Waals surface area contributed by atoms with E-state index < -0.39 is 0 Å². The molecule has 0 radical (unpaired) electrons. The molecule has 1 fully saturated rings. The van der Waals surface area contributed by atoms with Gasteiger partial charge in [-0.3, -0.25) is 19.5 Å². The Kier molecular flexibility index (Phi) is 7.62. The van der Waals surface area contributed by atoms with Gasteiger partial charge in [0.1, 0.15) is 0 Å². The first-order valence-corrected chi connectivity index (χ1v) is 10.0. The first kappa shape index (κ1) is 21.6. The number of benzene rings is 1. The van der Waals surface area contributed by atoms with E-state index in [2.05, 4.69) is 20.5 Å². The summed E-state index contributed by atoms with van der Waals surface area (Å²) in [6, 6.07) is 10.9. The standard InChI is InChI=1S/C22H28N4O4/c1-29-19-7-6-17(13-20(19)30-2)25-21(27)15-26-11-8-16(9-12-26)22(28)24-14-18-5-3-4-10-23-18/h3-7,10,13,16H,8-9,11-12,14-15H2,1-2H3,(H,24,28)(H,25,27). The molecule has 0 bridgehead atoms. The van der Waals surface area contributed by atoms with Crippen molar-refractivity contribution < 1.29 is 19.1 Å². The number of hydrogen-bond donors (Lipinski definition) is 2. The third-order valence-electron chi connectivity index (χ3n) is 5.16. The highest BCUT2D eigenvalue weighted by Gasteiger charge is 2.25. The van der Waals surface area contributed by atoms with Crippen molar-refractivity contribution in [2.45, 2.75) is 19.4 Å². The monoisotopic (exact) mass is 412 g/mol. The van der Waals surface area contributed by atoms with Gasteiger partial charge in [-0.25, -0.2) is 0 Å². The summed E-state index contributed by atoms with van der Waals surface area (Å²) in [4.78, 5) is 31.1. The fraction of sp³-hybridized carbons (Fsp3) is 0.409. The van der Waals surface area contributed by atoms with Crippen LogP contribution in [-0.2, 0) is 16.1 Å². The first-order chi connectivity index (χ1) is 14.6. The molecule has 3 rings (SSSR count).